The Kier molecular flexibility index (Phi) is 8.47. The topological polar surface area (TPSA) is 106 Å². The van der Waals surface area contributed by atoms with Gasteiger partial charge in [-0.3, -0.25) is 10.1 Å². The van der Waals surface area contributed by atoms with Gasteiger partial charge in [-0.1, -0.05) is 53.3 Å². The number of hydrogen-bond donors (Lipinski definition) is 1. The first-order valence-corrected chi connectivity index (χ1v) is 12.2. The highest BCUT2D eigenvalue weighted by molar-refractivity contribution is 7.18. The average Bonchev–Trinajstić information content (AvgIpc) is 3.39. The molecule has 0 saturated heterocycles. The van der Waals surface area contributed by atoms with Crippen LogP contribution in [0.15, 0.2) is 78.4 Å². The lowest BCUT2D eigenvalue weighted by Crippen LogP contribution is -2.13. The SMILES string of the molecule is COc1ccc(OCCOc2cccc(/C=C(/C#N)C(=O)Nc3nnc(-c4ccc(C)cc4)s3)c2)cc1. The molecule has 3 aromatic carbocycles. The molecule has 8 nitrogen and oxygen atoms in total. The molecule has 186 valence electrons. The van der Waals surface area contributed by atoms with Crippen LogP contribution in [0, 0.1) is 18.3 Å². The number of hydrogen-bond acceptors (Lipinski definition) is 8. The van der Waals surface area contributed by atoms with E-state index in [-0.39, 0.29) is 5.57 Å². The molecule has 1 heterocycles. The number of anilines is 1. The van der Waals surface area contributed by atoms with Crippen molar-refractivity contribution >= 4 is 28.5 Å². The van der Waals surface area contributed by atoms with E-state index >= 15 is 0 Å². The quantitative estimate of drug-likeness (QED) is 0.169. The van der Waals surface area contributed by atoms with Crippen molar-refractivity contribution in [3.8, 4) is 33.9 Å². The number of nitrogens with one attached hydrogen (secondary N) is 1. The van der Waals surface area contributed by atoms with E-state index in [9.17, 15) is 10.1 Å². The second-order valence-corrected chi connectivity index (χ2v) is 8.82. The van der Waals surface area contributed by atoms with Crippen molar-refractivity contribution in [1.29, 1.82) is 5.26 Å². The summed E-state index contributed by atoms with van der Waals surface area (Å²) in [6.07, 6.45) is 1.50. The van der Waals surface area contributed by atoms with Crippen molar-refractivity contribution in [2.75, 3.05) is 25.6 Å². The summed E-state index contributed by atoms with van der Waals surface area (Å²) in [5.41, 5.74) is 2.64. The van der Waals surface area contributed by atoms with E-state index in [1.807, 2.05) is 61.5 Å². The molecule has 0 fully saturated rings. The fourth-order valence-electron chi connectivity index (χ4n) is 3.25. The third-order valence-electron chi connectivity index (χ3n) is 5.16. The van der Waals surface area contributed by atoms with Crippen LogP contribution in [0.2, 0.25) is 0 Å². The van der Waals surface area contributed by atoms with Gasteiger partial charge in [0.25, 0.3) is 5.91 Å². The van der Waals surface area contributed by atoms with E-state index in [1.165, 1.54) is 17.4 Å². The molecule has 1 amide bonds. The second kappa shape index (κ2) is 12.3. The van der Waals surface area contributed by atoms with Crippen molar-refractivity contribution in [3.63, 3.8) is 0 Å². The number of benzene rings is 3. The predicted octanol–water partition coefficient (Wildman–Crippen LogP) is 5.53. The Morgan fingerprint density at radius 1 is 0.973 bits per heavy atom. The Bertz CT molecular complexity index is 1420. The molecule has 0 aliphatic rings. The third-order valence-corrected chi connectivity index (χ3v) is 6.05. The van der Waals surface area contributed by atoms with Crippen molar-refractivity contribution in [2.45, 2.75) is 6.92 Å². The first-order chi connectivity index (χ1) is 18.0. The Hall–Kier alpha value is -4.68. The Labute approximate surface area is 218 Å². The molecular formula is C28H24N4O4S. The van der Waals surface area contributed by atoms with Gasteiger partial charge in [0.15, 0.2) is 0 Å². The molecule has 0 aliphatic carbocycles. The smallest absolute Gasteiger partial charge is 0.268 e. The summed E-state index contributed by atoms with van der Waals surface area (Å²) in [4.78, 5) is 12.7. The number of carbonyl (C=O) groups excluding carboxylic acids is 1. The number of rotatable bonds is 10. The Morgan fingerprint density at radius 3 is 2.38 bits per heavy atom. The van der Waals surface area contributed by atoms with Gasteiger partial charge in [0.2, 0.25) is 5.13 Å². The van der Waals surface area contributed by atoms with Gasteiger partial charge in [-0.15, -0.1) is 10.2 Å². The van der Waals surface area contributed by atoms with Crippen LogP contribution in [0.3, 0.4) is 0 Å². The molecule has 1 aromatic heterocycles. The largest absolute Gasteiger partial charge is 0.497 e. The molecule has 0 aliphatic heterocycles. The fourth-order valence-corrected chi connectivity index (χ4v) is 4.00. The van der Waals surface area contributed by atoms with Gasteiger partial charge in [-0.05, 0) is 55.0 Å². The number of aromatic nitrogens is 2. The molecule has 0 bridgehead atoms. The van der Waals surface area contributed by atoms with Gasteiger partial charge in [0, 0.05) is 5.56 Å². The highest BCUT2D eigenvalue weighted by atomic mass is 32.1. The van der Waals surface area contributed by atoms with E-state index in [2.05, 4.69) is 15.5 Å². The number of nitriles is 1. The zero-order valence-electron chi connectivity index (χ0n) is 20.3. The van der Waals surface area contributed by atoms with Crippen LogP contribution in [-0.4, -0.2) is 36.4 Å². The van der Waals surface area contributed by atoms with Crippen LogP contribution in [0.5, 0.6) is 17.2 Å². The minimum atomic E-state index is -0.562. The van der Waals surface area contributed by atoms with Gasteiger partial charge >= 0.3 is 0 Å². The van der Waals surface area contributed by atoms with Gasteiger partial charge in [-0.25, -0.2) is 0 Å². The molecule has 37 heavy (non-hydrogen) atoms. The first kappa shape index (κ1) is 25.4. The number of amides is 1. The van der Waals surface area contributed by atoms with E-state index in [1.54, 1.807) is 31.4 Å². The minimum Gasteiger partial charge on any atom is -0.497 e. The highest BCUT2D eigenvalue weighted by Crippen LogP contribution is 2.27. The molecule has 4 aromatic rings. The maximum atomic E-state index is 12.7. The second-order valence-electron chi connectivity index (χ2n) is 7.85. The van der Waals surface area contributed by atoms with Crippen LogP contribution in [-0.2, 0) is 4.79 Å². The third kappa shape index (κ3) is 7.16. The fraction of sp³-hybridized carbons (Fsp3) is 0.143. The van der Waals surface area contributed by atoms with Crippen LogP contribution in [0.4, 0.5) is 5.13 Å². The highest BCUT2D eigenvalue weighted by Gasteiger charge is 2.14. The predicted molar refractivity (Wildman–Crippen MR) is 143 cm³/mol. The van der Waals surface area contributed by atoms with Gasteiger partial charge in [0.1, 0.15) is 47.1 Å². The Morgan fingerprint density at radius 2 is 1.68 bits per heavy atom. The monoisotopic (exact) mass is 512 g/mol. The summed E-state index contributed by atoms with van der Waals surface area (Å²) >= 11 is 1.24. The van der Waals surface area contributed by atoms with Crippen LogP contribution in [0.1, 0.15) is 11.1 Å². The molecule has 1 N–H and O–H groups in total. The lowest BCUT2D eigenvalue weighted by atomic mass is 10.1. The average molecular weight is 513 g/mol. The number of carbonyl (C=O) groups is 1. The number of methoxy groups -OCH3 is 1. The summed E-state index contributed by atoms with van der Waals surface area (Å²) in [7, 11) is 1.61. The molecule has 4 rings (SSSR count). The molecule has 9 heteroatoms. The molecular weight excluding hydrogens is 488 g/mol. The lowest BCUT2D eigenvalue weighted by Gasteiger charge is -2.09. The molecule has 0 unspecified atom stereocenters. The van der Waals surface area contributed by atoms with Crippen LogP contribution < -0.4 is 19.5 Å². The van der Waals surface area contributed by atoms with E-state index < -0.39 is 5.91 Å². The van der Waals surface area contributed by atoms with Gasteiger partial charge in [0.05, 0.1) is 7.11 Å². The molecule has 0 atom stereocenters. The summed E-state index contributed by atoms with van der Waals surface area (Å²) in [6, 6.07) is 24.2. The number of aryl methyl sites for hydroxylation is 1. The summed E-state index contributed by atoms with van der Waals surface area (Å²) < 4.78 is 16.6. The zero-order valence-corrected chi connectivity index (χ0v) is 21.1. The van der Waals surface area contributed by atoms with Crippen molar-refractivity contribution in [2.24, 2.45) is 0 Å². The van der Waals surface area contributed by atoms with Crippen molar-refractivity contribution < 1.29 is 19.0 Å². The summed E-state index contributed by atoms with van der Waals surface area (Å²) in [5, 5.41) is 21.4. The van der Waals surface area contributed by atoms with Crippen LogP contribution in [0.25, 0.3) is 16.6 Å². The van der Waals surface area contributed by atoms with Crippen molar-refractivity contribution in [3.05, 3.63) is 89.5 Å². The first-order valence-electron chi connectivity index (χ1n) is 11.4. The summed E-state index contributed by atoms with van der Waals surface area (Å²) in [6.45, 7) is 2.68. The zero-order chi connectivity index (χ0) is 26.0. The Balaban J connectivity index is 1.33. The molecule has 0 saturated carbocycles. The molecule has 0 radical (unpaired) electrons. The van der Waals surface area contributed by atoms with Crippen LogP contribution >= 0.6 is 11.3 Å². The lowest BCUT2D eigenvalue weighted by molar-refractivity contribution is -0.112. The number of ether oxygens (including phenoxy) is 3. The van der Waals surface area contributed by atoms with E-state index in [4.69, 9.17) is 14.2 Å². The normalized spacial score (nSPS) is 10.9. The van der Waals surface area contributed by atoms with Gasteiger partial charge in [-0.2, -0.15) is 5.26 Å². The van der Waals surface area contributed by atoms with E-state index in [0.29, 0.717) is 40.4 Å². The van der Waals surface area contributed by atoms with Crippen molar-refractivity contribution in [1.82, 2.24) is 10.2 Å². The van der Waals surface area contributed by atoms with E-state index in [0.717, 1.165) is 16.9 Å². The number of nitrogens with zero attached hydrogens (tertiary/aromatic N) is 3. The maximum absolute atomic E-state index is 12.7. The summed E-state index contributed by atoms with van der Waals surface area (Å²) in [5.74, 6) is 1.51. The minimum absolute atomic E-state index is 0.0629. The standard InChI is InChI=1S/C28H24N4O4S/c1-19-6-8-21(9-7-19)27-31-32-28(37-27)30-26(33)22(18-29)16-20-4-3-5-25(17-20)36-15-14-35-24-12-10-23(34-2)11-13-24/h3-13,16-17H,14-15H2,1-2H3,(H,30,32,33)/b22-16-. The maximum Gasteiger partial charge on any atom is 0.268 e. The van der Waals surface area contributed by atoms with Gasteiger partial charge < -0.3 is 14.2 Å². The molecule has 0 spiro atoms.